The number of aryl methyl sites for hydroxylation is 1. The van der Waals surface area contributed by atoms with Crippen LogP contribution in [0.3, 0.4) is 0 Å². The van der Waals surface area contributed by atoms with Gasteiger partial charge in [-0.3, -0.25) is 4.57 Å². The molecule has 0 saturated carbocycles. The number of fused-ring (bicyclic) bond motifs is 1. The van der Waals surface area contributed by atoms with Crippen LogP contribution in [0.15, 0.2) is 62.8 Å². The van der Waals surface area contributed by atoms with E-state index in [1.165, 1.54) is 4.90 Å². The highest BCUT2D eigenvalue weighted by atomic mass is 32.2. The van der Waals surface area contributed by atoms with Crippen molar-refractivity contribution in [3.63, 3.8) is 0 Å². The van der Waals surface area contributed by atoms with Crippen molar-refractivity contribution < 1.29 is 4.42 Å². The monoisotopic (exact) mass is 272 g/mol. The van der Waals surface area contributed by atoms with Gasteiger partial charge in [0.15, 0.2) is 11.2 Å². The van der Waals surface area contributed by atoms with Crippen LogP contribution >= 0.6 is 11.8 Å². The summed E-state index contributed by atoms with van der Waals surface area (Å²) >= 11 is 1.71. The molecule has 0 atom stereocenters. The second-order valence-electron chi connectivity index (χ2n) is 4.01. The van der Waals surface area contributed by atoms with Crippen LogP contribution in [0.5, 0.6) is 0 Å². The number of aromatic nitrogens is 2. The molecule has 2 aromatic heterocycles. The standard InChI is InChI=1S/C14H12N2O2S/c17-14-16(13-12(18-14)7-4-8-15-13)9-10-19-11-5-2-1-3-6-11/h1-8H,9-10H2. The highest BCUT2D eigenvalue weighted by molar-refractivity contribution is 7.99. The van der Waals surface area contributed by atoms with Crippen molar-refractivity contribution in [2.24, 2.45) is 0 Å². The average molecular weight is 272 g/mol. The first-order valence-electron chi connectivity index (χ1n) is 5.97. The Balaban J connectivity index is 1.75. The van der Waals surface area contributed by atoms with Crippen LogP contribution < -0.4 is 5.76 Å². The van der Waals surface area contributed by atoms with Crippen molar-refractivity contribution in [3.05, 3.63) is 59.2 Å². The fraction of sp³-hybridized carbons (Fsp3) is 0.143. The third-order valence-electron chi connectivity index (χ3n) is 2.75. The van der Waals surface area contributed by atoms with Crippen molar-refractivity contribution >= 4 is 23.0 Å². The molecule has 3 rings (SSSR count). The van der Waals surface area contributed by atoms with Gasteiger partial charge in [0.25, 0.3) is 0 Å². The van der Waals surface area contributed by atoms with Crippen LogP contribution in [-0.2, 0) is 6.54 Å². The number of benzene rings is 1. The fourth-order valence-electron chi connectivity index (χ4n) is 1.87. The number of hydrogen-bond acceptors (Lipinski definition) is 4. The smallest absolute Gasteiger partial charge is 0.406 e. The van der Waals surface area contributed by atoms with Crippen molar-refractivity contribution in [2.75, 3.05) is 5.75 Å². The summed E-state index contributed by atoms with van der Waals surface area (Å²) < 4.78 is 6.71. The number of hydrogen-bond donors (Lipinski definition) is 0. The zero-order valence-corrected chi connectivity index (χ0v) is 11.0. The summed E-state index contributed by atoms with van der Waals surface area (Å²) in [5, 5.41) is 0. The van der Waals surface area contributed by atoms with Crippen LogP contribution in [0.25, 0.3) is 11.2 Å². The lowest BCUT2D eigenvalue weighted by Gasteiger charge is -2.02. The molecule has 0 spiro atoms. The summed E-state index contributed by atoms with van der Waals surface area (Å²) in [4.78, 5) is 17.1. The highest BCUT2D eigenvalue weighted by Gasteiger charge is 2.09. The summed E-state index contributed by atoms with van der Waals surface area (Å²) in [7, 11) is 0. The molecule has 0 amide bonds. The Morgan fingerprint density at radius 2 is 2.00 bits per heavy atom. The van der Waals surface area contributed by atoms with Gasteiger partial charge in [0, 0.05) is 23.4 Å². The topological polar surface area (TPSA) is 48.0 Å². The van der Waals surface area contributed by atoms with E-state index >= 15 is 0 Å². The molecule has 0 aliphatic rings. The lowest BCUT2D eigenvalue weighted by atomic mass is 10.4. The maximum absolute atomic E-state index is 11.7. The Morgan fingerprint density at radius 3 is 2.84 bits per heavy atom. The first-order valence-corrected chi connectivity index (χ1v) is 6.95. The van der Waals surface area contributed by atoms with E-state index in [4.69, 9.17) is 4.42 Å². The Hall–Kier alpha value is -2.01. The van der Waals surface area contributed by atoms with Crippen LogP contribution in [0.2, 0.25) is 0 Å². The van der Waals surface area contributed by atoms with Gasteiger partial charge < -0.3 is 4.42 Å². The van der Waals surface area contributed by atoms with Gasteiger partial charge >= 0.3 is 5.76 Å². The predicted molar refractivity (Wildman–Crippen MR) is 75.4 cm³/mol. The van der Waals surface area contributed by atoms with E-state index in [-0.39, 0.29) is 5.76 Å². The van der Waals surface area contributed by atoms with Crippen LogP contribution in [-0.4, -0.2) is 15.3 Å². The molecule has 4 nitrogen and oxygen atoms in total. The van der Waals surface area contributed by atoms with Gasteiger partial charge in [-0.25, -0.2) is 9.78 Å². The SMILES string of the molecule is O=c1oc2cccnc2n1CCSc1ccccc1. The molecule has 0 aliphatic carbocycles. The third-order valence-corrected chi connectivity index (χ3v) is 3.74. The summed E-state index contributed by atoms with van der Waals surface area (Å²) in [6.45, 7) is 0.586. The second-order valence-corrected chi connectivity index (χ2v) is 5.17. The number of thioether (sulfide) groups is 1. The Bertz CT molecular complexity index is 734. The fourth-order valence-corrected chi connectivity index (χ4v) is 2.73. The van der Waals surface area contributed by atoms with Gasteiger partial charge in [-0.05, 0) is 24.3 Å². The minimum atomic E-state index is -0.345. The lowest BCUT2D eigenvalue weighted by molar-refractivity contribution is 0.514. The molecule has 0 aliphatic heterocycles. The quantitative estimate of drug-likeness (QED) is 0.685. The van der Waals surface area contributed by atoms with Gasteiger partial charge in [0.1, 0.15) is 0 Å². The van der Waals surface area contributed by atoms with Crippen molar-refractivity contribution in [1.82, 2.24) is 9.55 Å². The van der Waals surface area contributed by atoms with Gasteiger partial charge in [0.05, 0.1) is 0 Å². The molecular formula is C14H12N2O2S. The molecule has 0 fully saturated rings. The first kappa shape index (κ1) is 12.0. The first-order chi connectivity index (χ1) is 9.34. The summed E-state index contributed by atoms with van der Waals surface area (Å²) in [5.41, 5.74) is 1.15. The number of pyridine rings is 1. The molecule has 0 N–H and O–H groups in total. The van der Waals surface area contributed by atoms with Crippen molar-refractivity contribution in [1.29, 1.82) is 0 Å². The van der Waals surface area contributed by atoms with E-state index in [1.54, 1.807) is 34.7 Å². The molecule has 0 radical (unpaired) electrons. The minimum absolute atomic E-state index is 0.345. The highest BCUT2D eigenvalue weighted by Crippen LogP contribution is 2.17. The van der Waals surface area contributed by atoms with E-state index in [9.17, 15) is 4.79 Å². The van der Waals surface area contributed by atoms with E-state index in [2.05, 4.69) is 17.1 Å². The molecule has 2 heterocycles. The van der Waals surface area contributed by atoms with Gasteiger partial charge in [-0.15, -0.1) is 11.8 Å². The zero-order valence-electron chi connectivity index (χ0n) is 10.2. The molecular weight excluding hydrogens is 260 g/mol. The zero-order chi connectivity index (χ0) is 13.1. The molecule has 96 valence electrons. The number of oxazole rings is 1. The van der Waals surface area contributed by atoms with Crippen molar-refractivity contribution in [2.45, 2.75) is 11.4 Å². The molecule has 0 bridgehead atoms. The maximum Gasteiger partial charge on any atom is 0.421 e. The number of nitrogens with zero attached hydrogens (tertiary/aromatic N) is 2. The maximum atomic E-state index is 11.7. The van der Waals surface area contributed by atoms with E-state index < -0.39 is 0 Å². The van der Waals surface area contributed by atoms with E-state index in [0.29, 0.717) is 17.8 Å². The lowest BCUT2D eigenvalue weighted by Crippen LogP contribution is -2.15. The van der Waals surface area contributed by atoms with E-state index in [1.807, 2.05) is 18.2 Å². The largest absolute Gasteiger partial charge is 0.421 e. The average Bonchev–Trinajstić information content (AvgIpc) is 2.76. The minimum Gasteiger partial charge on any atom is -0.406 e. The van der Waals surface area contributed by atoms with Crippen LogP contribution in [0.1, 0.15) is 0 Å². The molecule has 1 aromatic carbocycles. The van der Waals surface area contributed by atoms with E-state index in [0.717, 1.165) is 5.75 Å². The summed E-state index contributed by atoms with van der Waals surface area (Å²) in [5.74, 6) is 0.456. The van der Waals surface area contributed by atoms with Crippen molar-refractivity contribution in [3.8, 4) is 0 Å². The molecule has 0 saturated heterocycles. The Labute approximate surface area is 114 Å². The Morgan fingerprint density at radius 1 is 1.16 bits per heavy atom. The van der Waals surface area contributed by atoms with Gasteiger partial charge in [-0.2, -0.15) is 0 Å². The molecule has 0 unspecified atom stereocenters. The molecule has 5 heteroatoms. The molecule has 19 heavy (non-hydrogen) atoms. The molecule has 3 aromatic rings. The number of rotatable bonds is 4. The van der Waals surface area contributed by atoms with Gasteiger partial charge in [0.2, 0.25) is 0 Å². The van der Waals surface area contributed by atoms with Crippen LogP contribution in [0.4, 0.5) is 0 Å². The van der Waals surface area contributed by atoms with Gasteiger partial charge in [-0.1, -0.05) is 18.2 Å². The third kappa shape index (κ3) is 2.56. The second kappa shape index (κ2) is 5.32. The predicted octanol–water partition coefficient (Wildman–Crippen LogP) is 2.78. The summed E-state index contributed by atoms with van der Waals surface area (Å²) in [6.07, 6.45) is 1.66. The summed E-state index contributed by atoms with van der Waals surface area (Å²) in [6, 6.07) is 13.6. The normalized spacial score (nSPS) is 10.9. The Kier molecular flexibility index (Phi) is 3.37. The van der Waals surface area contributed by atoms with Crippen LogP contribution in [0, 0.1) is 0 Å².